The number of Topliss-reactive ketones (excluding diaryl/α,β-unsaturated/α-hetero) is 2. The standard InChI is InChI=1S/C24H23NO5/c1-22(2)12-18-20(19(26)13-22)23(28)21(27)16-6-4-5-7-17(16)24(23,29)25(18)14-8-10-15(30-3)11-9-14/h4-11,28-29H,12-13H2,1-3H3/t23-,24+/m0/s1. The number of nitrogens with zero attached hydrogens (tertiary/aromatic N) is 1. The molecule has 0 amide bonds. The monoisotopic (exact) mass is 405 g/mol. The number of allylic oxidation sites excluding steroid dienone is 1. The number of ether oxygens (including phenoxy) is 1. The van der Waals surface area contributed by atoms with Crippen LogP contribution in [-0.4, -0.2) is 34.5 Å². The Morgan fingerprint density at radius 2 is 1.63 bits per heavy atom. The van der Waals surface area contributed by atoms with Gasteiger partial charge in [0.2, 0.25) is 17.1 Å². The van der Waals surface area contributed by atoms with Crippen molar-refractivity contribution in [2.45, 2.75) is 38.0 Å². The van der Waals surface area contributed by atoms with E-state index in [1.165, 1.54) is 0 Å². The zero-order chi connectivity index (χ0) is 21.5. The molecule has 0 saturated carbocycles. The van der Waals surface area contributed by atoms with E-state index >= 15 is 0 Å². The Kier molecular flexibility index (Phi) is 3.68. The predicted molar refractivity (Wildman–Crippen MR) is 110 cm³/mol. The predicted octanol–water partition coefficient (Wildman–Crippen LogP) is 2.93. The van der Waals surface area contributed by atoms with Crippen molar-refractivity contribution in [3.05, 3.63) is 70.9 Å². The fourth-order valence-electron chi connectivity index (χ4n) is 5.26. The molecule has 5 rings (SSSR count). The molecule has 0 aromatic heterocycles. The summed E-state index contributed by atoms with van der Waals surface area (Å²) in [5, 5.41) is 23.9. The average Bonchev–Trinajstić information content (AvgIpc) is 3.01. The van der Waals surface area contributed by atoms with E-state index in [0.29, 0.717) is 29.1 Å². The van der Waals surface area contributed by atoms with Crippen LogP contribution in [0.4, 0.5) is 5.69 Å². The van der Waals surface area contributed by atoms with Crippen LogP contribution in [0, 0.1) is 5.41 Å². The van der Waals surface area contributed by atoms with Crippen LogP contribution >= 0.6 is 0 Å². The van der Waals surface area contributed by atoms with Gasteiger partial charge in [-0.25, -0.2) is 0 Å². The molecule has 2 aromatic rings. The van der Waals surface area contributed by atoms with E-state index in [9.17, 15) is 19.8 Å². The third kappa shape index (κ3) is 2.10. The van der Waals surface area contributed by atoms with Gasteiger partial charge in [0.25, 0.3) is 0 Å². The first kappa shape index (κ1) is 19.0. The Labute approximate surface area is 174 Å². The normalized spacial score (nSPS) is 29.0. The maximum Gasteiger partial charge on any atom is 0.211 e. The molecule has 2 atom stereocenters. The number of aliphatic hydroxyl groups is 2. The smallest absolute Gasteiger partial charge is 0.211 e. The van der Waals surface area contributed by atoms with Crippen LogP contribution < -0.4 is 9.64 Å². The molecule has 0 fully saturated rings. The molecule has 3 aliphatic rings. The summed E-state index contributed by atoms with van der Waals surface area (Å²) in [5.74, 6) is -0.311. The lowest BCUT2D eigenvalue weighted by Crippen LogP contribution is -2.58. The van der Waals surface area contributed by atoms with E-state index in [0.717, 1.165) is 0 Å². The number of rotatable bonds is 2. The topological polar surface area (TPSA) is 87.1 Å². The van der Waals surface area contributed by atoms with E-state index in [4.69, 9.17) is 4.74 Å². The summed E-state index contributed by atoms with van der Waals surface area (Å²) < 4.78 is 5.24. The van der Waals surface area contributed by atoms with Gasteiger partial charge < -0.3 is 19.8 Å². The number of fused-ring (bicyclic) bond motifs is 4. The van der Waals surface area contributed by atoms with Gasteiger partial charge in [0.05, 0.1) is 12.7 Å². The quantitative estimate of drug-likeness (QED) is 0.799. The Balaban J connectivity index is 1.83. The van der Waals surface area contributed by atoms with Gasteiger partial charge in [-0.05, 0) is 36.1 Å². The summed E-state index contributed by atoms with van der Waals surface area (Å²) in [5.41, 5.74) is -3.21. The number of anilines is 1. The maximum atomic E-state index is 13.4. The van der Waals surface area contributed by atoms with Gasteiger partial charge in [-0.3, -0.25) is 9.59 Å². The summed E-state index contributed by atoms with van der Waals surface area (Å²) in [6.07, 6.45) is 0.643. The third-order valence-corrected chi connectivity index (χ3v) is 6.52. The number of benzene rings is 2. The molecule has 1 heterocycles. The van der Waals surface area contributed by atoms with Crippen LogP contribution in [0.5, 0.6) is 5.75 Å². The van der Waals surface area contributed by atoms with Crippen LogP contribution in [0.15, 0.2) is 59.8 Å². The van der Waals surface area contributed by atoms with Crippen molar-refractivity contribution in [3.8, 4) is 5.75 Å². The number of hydrogen-bond acceptors (Lipinski definition) is 6. The molecule has 6 nitrogen and oxygen atoms in total. The van der Waals surface area contributed by atoms with Gasteiger partial charge >= 0.3 is 0 Å². The van der Waals surface area contributed by atoms with Crippen LogP contribution in [0.2, 0.25) is 0 Å². The van der Waals surface area contributed by atoms with E-state index in [2.05, 4.69) is 0 Å². The van der Waals surface area contributed by atoms with Gasteiger partial charge in [0.15, 0.2) is 5.78 Å². The van der Waals surface area contributed by atoms with E-state index in [-0.39, 0.29) is 28.8 Å². The molecule has 6 heteroatoms. The molecule has 0 radical (unpaired) electrons. The van der Waals surface area contributed by atoms with Crippen LogP contribution in [0.25, 0.3) is 0 Å². The second-order valence-corrected chi connectivity index (χ2v) is 9.05. The maximum absolute atomic E-state index is 13.4. The number of hydrogen-bond donors (Lipinski definition) is 2. The zero-order valence-corrected chi connectivity index (χ0v) is 17.1. The van der Waals surface area contributed by atoms with Gasteiger partial charge in [-0.1, -0.05) is 38.1 Å². The van der Waals surface area contributed by atoms with Gasteiger partial charge in [0.1, 0.15) is 5.75 Å². The molecule has 2 aliphatic carbocycles. The van der Waals surface area contributed by atoms with Gasteiger partial charge in [0, 0.05) is 28.9 Å². The van der Waals surface area contributed by atoms with Crippen molar-refractivity contribution >= 4 is 17.3 Å². The molecule has 30 heavy (non-hydrogen) atoms. The number of carbonyl (C=O) groups is 2. The van der Waals surface area contributed by atoms with Crippen molar-refractivity contribution < 1.29 is 24.5 Å². The lowest BCUT2D eigenvalue weighted by atomic mass is 9.72. The van der Waals surface area contributed by atoms with Gasteiger partial charge in [-0.2, -0.15) is 0 Å². The molecule has 154 valence electrons. The van der Waals surface area contributed by atoms with Crippen molar-refractivity contribution in [3.63, 3.8) is 0 Å². The minimum absolute atomic E-state index is 0.0151. The lowest BCUT2D eigenvalue weighted by molar-refractivity contribution is -0.124. The molecule has 2 N–H and O–H groups in total. The molecule has 2 aromatic carbocycles. The number of ketones is 2. The van der Waals surface area contributed by atoms with E-state index in [1.807, 2.05) is 13.8 Å². The minimum Gasteiger partial charge on any atom is -0.497 e. The fourth-order valence-corrected chi connectivity index (χ4v) is 5.26. The molecule has 0 unspecified atom stereocenters. The Morgan fingerprint density at radius 3 is 2.30 bits per heavy atom. The molecule has 0 saturated heterocycles. The summed E-state index contributed by atoms with van der Waals surface area (Å²) >= 11 is 0. The molecule has 0 spiro atoms. The summed E-state index contributed by atoms with van der Waals surface area (Å²) in [7, 11) is 1.56. The molecular weight excluding hydrogens is 382 g/mol. The Morgan fingerprint density at radius 1 is 0.967 bits per heavy atom. The van der Waals surface area contributed by atoms with Crippen LogP contribution in [0.1, 0.15) is 42.6 Å². The molecule has 1 aliphatic heterocycles. The summed E-state index contributed by atoms with van der Waals surface area (Å²) in [6, 6.07) is 13.6. The van der Waals surface area contributed by atoms with E-state index in [1.54, 1.807) is 60.5 Å². The second kappa shape index (κ2) is 5.80. The lowest BCUT2D eigenvalue weighted by Gasteiger charge is -2.41. The summed E-state index contributed by atoms with van der Waals surface area (Å²) in [6.45, 7) is 3.94. The highest BCUT2D eigenvalue weighted by atomic mass is 16.5. The van der Waals surface area contributed by atoms with Crippen molar-refractivity contribution in [1.82, 2.24) is 0 Å². The molecular formula is C24H23NO5. The first-order valence-electron chi connectivity index (χ1n) is 9.95. The van der Waals surface area contributed by atoms with Crippen molar-refractivity contribution in [2.75, 3.05) is 12.0 Å². The van der Waals surface area contributed by atoms with Gasteiger partial charge in [-0.15, -0.1) is 0 Å². The highest BCUT2D eigenvalue weighted by Crippen LogP contribution is 2.61. The highest BCUT2D eigenvalue weighted by molar-refractivity contribution is 6.19. The van der Waals surface area contributed by atoms with E-state index < -0.39 is 17.1 Å². The SMILES string of the molecule is COc1ccc(N2C3=C(C(=O)CC(C)(C)C3)[C@]3(O)C(=O)c4ccccc4[C@]23O)cc1. The minimum atomic E-state index is -2.35. The van der Waals surface area contributed by atoms with Crippen molar-refractivity contribution in [1.29, 1.82) is 0 Å². The first-order chi connectivity index (χ1) is 14.1. The van der Waals surface area contributed by atoms with Crippen LogP contribution in [0.3, 0.4) is 0 Å². The Bertz CT molecular complexity index is 1130. The van der Waals surface area contributed by atoms with Crippen LogP contribution in [-0.2, 0) is 10.5 Å². The summed E-state index contributed by atoms with van der Waals surface area (Å²) in [4.78, 5) is 28.2. The fraction of sp³-hybridized carbons (Fsp3) is 0.333. The second-order valence-electron chi connectivity index (χ2n) is 9.05. The third-order valence-electron chi connectivity index (χ3n) is 6.52. The number of methoxy groups -OCH3 is 1. The molecule has 0 bridgehead atoms. The zero-order valence-electron chi connectivity index (χ0n) is 17.1. The van der Waals surface area contributed by atoms with Crippen molar-refractivity contribution in [2.24, 2.45) is 5.41 Å². The Hall–Kier alpha value is -2.96. The number of carbonyl (C=O) groups excluding carboxylic acids is 2. The highest BCUT2D eigenvalue weighted by Gasteiger charge is 2.74. The average molecular weight is 405 g/mol. The first-order valence-corrected chi connectivity index (χ1v) is 9.95. The largest absolute Gasteiger partial charge is 0.497 e.